The molecule has 0 bridgehead atoms. The maximum Gasteiger partial charge on any atom is 0.182 e. The highest BCUT2D eigenvalue weighted by Gasteiger charge is 2.18. The summed E-state index contributed by atoms with van der Waals surface area (Å²) in [5, 5.41) is 11.8. The van der Waals surface area contributed by atoms with Gasteiger partial charge in [-0.1, -0.05) is 34.1 Å². The van der Waals surface area contributed by atoms with Gasteiger partial charge < -0.3 is 0 Å². The molecule has 5 heteroatoms. The van der Waals surface area contributed by atoms with Crippen LogP contribution < -0.4 is 0 Å². The summed E-state index contributed by atoms with van der Waals surface area (Å²) in [6.07, 6.45) is 0.869. The third-order valence-corrected chi connectivity index (χ3v) is 3.15. The van der Waals surface area contributed by atoms with Gasteiger partial charge in [-0.2, -0.15) is 0 Å². The molecule has 3 rings (SSSR count). The van der Waals surface area contributed by atoms with Crippen LogP contribution in [0, 0.1) is 0 Å². The molecule has 4 nitrogen and oxygen atoms in total. The summed E-state index contributed by atoms with van der Waals surface area (Å²) in [5.41, 5.74) is 3.43. The van der Waals surface area contributed by atoms with Gasteiger partial charge in [-0.15, -0.1) is 5.10 Å². The lowest BCUT2D eigenvalue weighted by molar-refractivity contribution is 0.644. The highest BCUT2D eigenvalue weighted by Crippen LogP contribution is 2.29. The molecule has 16 heavy (non-hydrogen) atoms. The predicted molar refractivity (Wildman–Crippen MR) is 63.8 cm³/mol. The van der Waals surface area contributed by atoms with Crippen molar-refractivity contribution >= 4 is 15.9 Å². The van der Waals surface area contributed by atoms with Crippen LogP contribution in [0.3, 0.4) is 0 Å². The Hall–Kier alpha value is -1.49. The van der Waals surface area contributed by atoms with Crippen LogP contribution in [-0.4, -0.2) is 20.2 Å². The minimum atomic E-state index is 0.689. The van der Waals surface area contributed by atoms with Gasteiger partial charge in [-0.05, 0) is 34.5 Å². The molecule has 0 saturated carbocycles. The molecule has 1 aromatic heterocycles. The van der Waals surface area contributed by atoms with Gasteiger partial charge >= 0.3 is 0 Å². The minimum Gasteiger partial charge on any atom is -0.221 e. The van der Waals surface area contributed by atoms with Crippen LogP contribution in [0.1, 0.15) is 5.56 Å². The summed E-state index contributed by atoms with van der Waals surface area (Å²) in [5.74, 6) is 0.815. The van der Waals surface area contributed by atoms with Gasteiger partial charge in [0, 0.05) is 10.0 Å². The van der Waals surface area contributed by atoms with Gasteiger partial charge in [0.2, 0.25) is 0 Å². The molecule has 0 atom stereocenters. The van der Waals surface area contributed by atoms with Crippen molar-refractivity contribution in [1.82, 2.24) is 20.2 Å². The number of hydrogen-bond donors (Lipinski definition) is 0. The third-order valence-electron chi connectivity index (χ3n) is 2.66. The monoisotopic (exact) mass is 276 g/mol. The Labute approximate surface area is 101 Å². The maximum atomic E-state index is 4.07. The molecule has 2 heterocycles. The Morgan fingerprint density at radius 1 is 1.38 bits per heavy atom. The maximum absolute atomic E-state index is 4.07. The Morgan fingerprint density at radius 2 is 2.25 bits per heavy atom. The van der Waals surface area contributed by atoms with Crippen LogP contribution in [0.25, 0.3) is 11.4 Å². The van der Waals surface area contributed by atoms with Gasteiger partial charge in [-0.25, -0.2) is 4.68 Å². The number of aromatic nitrogens is 4. The molecular formula is C11H9BrN4. The molecule has 0 amide bonds. The van der Waals surface area contributed by atoms with Crippen molar-refractivity contribution in [2.24, 2.45) is 0 Å². The Kier molecular flexibility index (Phi) is 2.14. The molecule has 0 radical (unpaired) electrons. The molecule has 0 saturated heterocycles. The molecule has 0 unspecified atom stereocenters. The average molecular weight is 277 g/mol. The molecule has 80 valence electrons. The van der Waals surface area contributed by atoms with E-state index in [2.05, 4.69) is 50.2 Å². The van der Waals surface area contributed by atoms with Crippen molar-refractivity contribution in [3.8, 4) is 11.4 Å². The predicted octanol–water partition coefficient (Wildman–Crippen LogP) is 2.21. The molecule has 1 aliphatic rings. The zero-order valence-corrected chi connectivity index (χ0v) is 10.1. The van der Waals surface area contributed by atoms with E-state index in [9.17, 15) is 0 Å². The van der Waals surface area contributed by atoms with Crippen LogP contribution in [0.5, 0.6) is 0 Å². The molecule has 1 aromatic carbocycles. The normalized spacial score (nSPS) is 14.2. The van der Waals surface area contributed by atoms with Gasteiger partial charge in [0.05, 0.1) is 6.54 Å². The highest BCUT2D eigenvalue weighted by atomic mass is 79.9. The van der Waals surface area contributed by atoms with Crippen molar-refractivity contribution in [2.45, 2.75) is 13.0 Å². The summed E-state index contributed by atoms with van der Waals surface area (Å²) >= 11 is 3.47. The Bertz CT molecular complexity index is 573. The summed E-state index contributed by atoms with van der Waals surface area (Å²) in [6.45, 7) is 4.73. The van der Waals surface area contributed by atoms with E-state index in [1.54, 1.807) is 4.68 Å². The molecule has 1 aliphatic heterocycles. The fraction of sp³-hybridized carbons (Fsp3) is 0.182. The van der Waals surface area contributed by atoms with Crippen LogP contribution in [0.4, 0.5) is 0 Å². The zero-order valence-electron chi connectivity index (χ0n) is 8.52. The number of halogens is 1. The standard InChI is InChI=1S/C11H9BrN4/c1-7-4-8-2-3-9(12)5-10(8)11-13-14-15-16(11)6-7/h2-3,5H,1,4,6H2. The van der Waals surface area contributed by atoms with E-state index >= 15 is 0 Å². The Morgan fingerprint density at radius 3 is 3.12 bits per heavy atom. The van der Waals surface area contributed by atoms with Crippen molar-refractivity contribution in [3.05, 3.63) is 40.4 Å². The minimum absolute atomic E-state index is 0.689. The number of nitrogens with zero attached hydrogens (tertiary/aromatic N) is 4. The average Bonchev–Trinajstić information content (AvgIpc) is 2.64. The van der Waals surface area contributed by atoms with E-state index < -0.39 is 0 Å². The number of hydrogen-bond acceptors (Lipinski definition) is 3. The first-order chi connectivity index (χ1) is 7.74. The van der Waals surface area contributed by atoms with Gasteiger partial charge in [-0.3, -0.25) is 0 Å². The van der Waals surface area contributed by atoms with E-state index in [1.807, 2.05) is 6.07 Å². The molecule has 0 N–H and O–H groups in total. The van der Waals surface area contributed by atoms with E-state index in [0.29, 0.717) is 6.54 Å². The fourth-order valence-electron chi connectivity index (χ4n) is 1.95. The smallest absolute Gasteiger partial charge is 0.182 e. The van der Waals surface area contributed by atoms with Crippen molar-refractivity contribution in [3.63, 3.8) is 0 Å². The molecule has 0 fully saturated rings. The number of rotatable bonds is 0. The van der Waals surface area contributed by atoms with E-state index in [4.69, 9.17) is 0 Å². The lowest BCUT2D eigenvalue weighted by atomic mass is 10.0. The topological polar surface area (TPSA) is 43.6 Å². The lowest BCUT2D eigenvalue weighted by Crippen LogP contribution is -2.02. The lowest BCUT2D eigenvalue weighted by Gasteiger charge is -2.04. The fourth-order valence-corrected chi connectivity index (χ4v) is 2.31. The number of benzene rings is 1. The van der Waals surface area contributed by atoms with Crippen molar-refractivity contribution in [1.29, 1.82) is 0 Å². The first-order valence-electron chi connectivity index (χ1n) is 4.95. The summed E-state index contributed by atoms with van der Waals surface area (Å²) in [4.78, 5) is 0. The summed E-state index contributed by atoms with van der Waals surface area (Å²) in [7, 11) is 0. The van der Waals surface area contributed by atoms with Crippen LogP contribution in [0.15, 0.2) is 34.8 Å². The number of allylic oxidation sites excluding steroid dienone is 1. The first-order valence-corrected chi connectivity index (χ1v) is 5.75. The number of tetrazole rings is 1. The zero-order chi connectivity index (χ0) is 11.1. The van der Waals surface area contributed by atoms with E-state index in [-0.39, 0.29) is 0 Å². The molecule has 0 aliphatic carbocycles. The SMILES string of the molecule is C=C1Cc2ccc(Br)cc2-c2nnnn2C1. The van der Waals surface area contributed by atoms with Gasteiger partial charge in [0.1, 0.15) is 0 Å². The van der Waals surface area contributed by atoms with Crippen LogP contribution in [0.2, 0.25) is 0 Å². The van der Waals surface area contributed by atoms with Crippen LogP contribution in [-0.2, 0) is 13.0 Å². The second-order valence-corrected chi connectivity index (χ2v) is 4.80. The van der Waals surface area contributed by atoms with Gasteiger partial charge in [0.25, 0.3) is 0 Å². The Balaban J connectivity index is 2.29. The summed E-state index contributed by atoms with van der Waals surface area (Å²) in [6, 6.07) is 6.18. The van der Waals surface area contributed by atoms with Crippen molar-refractivity contribution in [2.75, 3.05) is 0 Å². The third kappa shape index (κ3) is 1.48. The largest absolute Gasteiger partial charge is 0.221 e. The second kappa shape index (κ2) is 3.52. The first kappa shape index (κ1) is 9.72. The van der Waals surface area contributed by atoms with E-state index in [0.717, 1.165) is 27.9 Å². The highest BCUT2D eigenvalue weighted by molar-refractivity contribution is 9.10. The molecule has 0 spiro atoms. The van der Waals surface area contributed by atoms with Gasteiger partial charge in [0.15, 0.2) is 5.82 Å². The van der Waals surface area contributed by atoms with E-state index in [1.165, 1.54) is 5.56 Å². The number of fused-ring (bicyclic) bond motifs is 3. The van der Waals surface area contributed by atoms with Crippen LogP contribution >= 0.6 is 15.9 Å². The van der Waals surface area contributed by atoms with Crippen molar-refractivity contribution < 1.29 is 0 Å². The quantitative estimate of drug-likeness (QED) is 0.693. The molecule has 2 aromatic rings. The summed E-state index contributed by atoms with van der Waals surface area (Å²) < 4.78 is 2.83. The molecular weight excluding hydrogens is 268 g/mol. The second-order valence-electron chi connectivity index (χ2n) is 3.89.